The average molecular weight is 548 g/mol. The fraction of sp³-hybridized carbons (Fsp3) is 0.240. The van der Waals surface area contributed by atoms with E-state index in [0.29, 0.717) is 23.5 Å². The number of ether oxygens (including phenoxy) is 1. The summed E-state index contributed by atoms with van der Waals surface area (Å²) in [5.74, 6) is -2.10. The van der Waals surface area contributed by atoms with Gasteiger partial charge in [-0.25, -0.2) is 21.8 Å². The highest BCUT2D eigenvalue weighted by molar-refractivity contribution is 7.86. The Balaban J connectivity index is 1.82. The molecule has 0 aromatic heterocycles. The third kappa shape index (κ3) is 3.86. The molecular weight excluding hydrogens is 528 g/mol. The van der Waals surface area contributed by atoms with Crippen molar-refractivity contribution in [2.24, 2.45) is 0 Å². The smallest absolute Gasteiger partial charge is 0.294 e. The molecule has 0 unspecified atom stereocenters. The van der Waals surface area contributed by atoms with Gasteiger partial charge in [-0.05, 0) is 37.1 Å². The van der Waals surface area contributed by atoms with Crippen molar-refractivity contribution in [2.75, 3.05) is 13.1 Å². The van der Waals surface area contributed by atoms with E-state index in [1.165, 1.54) is 0 Å². The summed E-state index contributed by atoms with van der Waals surface area (Å²) in [5, 5.41) is 1.40. The standard InChI is InChI=1S/C25H19F2NO7S2/c26-19-11-17-21(12-20(19)27)35-25-16-4-2-8-28-7-1-3-13(24(16)28)9-18(25)23(17)15-6-5-14(36(29,30)31)10-22(15)37(32,33)34/h5-6,9-12H,1-4,7-8H2,(H-,29,30,31,32,33,34). The first-order valence-electron chi connectivity index (χ1n) is 11.5. The van der Waals surface area contributed by atoms with Crippen molar-refractivity contribution in [1.29, 1.82) is 0 Å². The number of halogens is 2. The summed E-state index contributed by atoms with van der Waals surface area (Å²) in [6, 6.07) is 6.12. The van der Waals surface area contributed by atoms with Crippen LogP contribution in [0, 0.1) is 11.6 Å². The number of benzene rings is 3. The fourth-order valence-corrected chi connectivity index (χ4v) is 6.86. The summed E-state index contributed by atoms with van der Waals surface area (Å²) in [6.07, 6.45) is 3.09. The Kier molecular flexibility index (Phi) is 5.33. The Morgan fingerprint density at radius 2 is 1.62 bits per heavy atom. The number of aryl methyl sites for hydroxylation is 1. The van der Waals surface area contributed by atoms with Gasteiger partial charge in [0, 0.05) is 46.4 Å². The molecule has 6 rings (SSSR count). The van der Waals surface area contributed by atoms with E-state index >= 15 is 0 Å². The summed E-state index contributed by atoms with van der Waals surface area (Å²) >= 11 is 0. The van der Waals surface area contributed by atoms with Gasteiger partial charge in [0.1, 0.15) is 34.7 Å². The largest absolute Gasteiger partial charge is 0.744 e. The van der Waals surface area contributed by atoms with Gasteiger partial charge in [0.15, 0.2) is 11.6 Å². The summed E-state index contributed by atoms with van der Waals surface area (Å²) in [6.45, 7) is 1.73. The Morgan fingerprint density at radius 1 is 0.919 bits per heavy atom. The van der Waals surface area contributed by atoms with Gasteiger partial charge in [0.25, 0.3) is 10.1 Å². The van der Waals surface area contributed by atoms with Crippen LogP contribution >= 0.6 is 0 Å². The molecule has 0 radical (unpaired) electrons. The van der Waals surface area contributed by atoms with Crippen molar-refractivity contribution in [3.63, 3.8) is 0 Å². The number of nitrogens with zero attached hydrogens (tertiary/aromatic N) is 1. The van der Waals surface area contributed by atoms with Gasteiger partial charge in [-0.15, -0.1) is 0 Å². The van der Waals surface area contributed by atoms with E-state index in [1.54, 1.807) is 0 Å². The van der Waals surface area contributed by atoms with E-state index in [9.17, 15) is 34.7 Å². The van der Waals surface area contributed by atoms with Gasteiger partial charge in [-0.3, -0.25) is 4.55 Å². The first-order chi connectivity index (χ1) is 17.4. The summed E-state index contributed by atoms with van der Waals surface area (Å²) in [7, 11) is -10.1. The monoisotopic (exact) mass is 547 g/mol. The molecule has 0 aliphatic carbocycles. The molecule has 1 N–H and O–H groups in total. The first kappa shape index (κ1) is 24.2. The zero-order valence-corrected chi connectivity index (χ0v) is 20.8. The quantitative estimate of drug-likeness (QED) is 0.307. The van der Waals surface area contributed by atoms with E-state index in [2.05, 4.69) is 4.58 Å². The zero-order valence-electron chi connectivity index (χ0n) is 19.1. The molecule has 3 aromatic rings. The lowest BCUT2D eigenvalue weighted by Gasteiger charge is -2.27. The molecule has 12 heteroatoms. The number of fused-ring (bicyclic) bond motifs is 3. The Labute approximate surface area is 210 Å². The minimum absolute atomic E-state index is 0.00605. The van der Waals surface area contributed by atoms with Crippen molar-refractivity contribution in [1.82, 2.24) is 4.58 Å². The SMILES string of the molecule is O=S(=O)([O-])c1cc(S(=O)(=O)O)ccc1C1=c2cc3c4c(c2Oc2cc(F)c(F)cc21)CCC[N+]=4CCC3. The molecule has 0 saturated carbocycles. The Bertz CT molecular complexity index is 1880. The molecule has 0 atom stereocenters. The van der Waals surface area contributed by atoms with Crippen LogP contribution in [0.25, 0.3) is 5.57 Å². The second-order valence-electron chi connectivity index (χ2n) is 9.26. The number of rotatable bonds is 3. The van der Waals surface area contributed by atoms with Gasteiger partial charge < -0.3 is 9.29 Å². The van der Waals surface area contributed by atoms with Crippen LogP contribution in [0.15, 0.2) is 46.2 Å². The predicted octanol–water partition coefficient (Wildman–Crippen LogP) is 1.85. The topological polar surface area (TPSA) is 124 Å². The van der Waals surface area contributed by atoms with Gasteiger partial charge in [0.2, 0.25) is 5.36 Å². The molecule has 0 amide bonds. The van der Waals surface area contributed by atoms with Crippen LogP contribution in [0.3, 0.4) is 0 Å². The lowest BCUT2D eigenvalue weighted by molar-refractivity contribution is 0.429. The molecule has 0 fully saturated rings. The van der Waals surface area contributed by atoms with Crippen LogP contribution in [-0.2, 0) is 33.1 Å². The van der Waals surface area contributed by atoms with Crippen LogP contribution in [0.5, 0.6) is 11.5 Å². The van der Waals surface area contributed by atoms with Crippen molar-refractivity contribution in [2.45, 2.75) is 35.5 Å². The molecule has 3 heterocycles. The zero-order chi connectivity index (χ0) is 26.3. The highest BCUT2D eigenvalue weighted by Gasteiger charge is 2.33. The molecule has 3 aliphatic rings. The minimum Gasteiger partial charge on any atom is -0.744 e. The maximum Gasteiger partial charge on any atom is 0.294 e. The average Bonchev–Trinajstić information content (AvgIpc) is 2.83. The van der Waals surface area contributed by atoms with E-state index in [1.807, 2.05) is 6.07 Å². The fourth-order valence-electron chi connectivity index (χ4n) is 5.56. The van der Waals surface area contributed by atoms with Crippen molar-refractivity contribution < 1.29 is 39.5 Å². The van der Waals surface area contributed by atoms with E-state index < -0.39 is 41.7 Å². The molecule has 3 aromatic carbocycles. The number of hydrogen-bond donors (Lipinski definition) is 1. The Morgan fingerprint density at radius 3 is 2.32 bits per heavy atom. The molecule has 0 saturated heterocycles. The lowest BCUT2D eigenvalue weighted by Crippen LogP contribution is -2.45. The maximum absolute atomic E-state index is 14.5. The summed E-state index contributed by atoms with van der Waals surface area (Å²) in [5.41, 5.74) is 1.72. The Hall–Kier alpha value is -3.19. The van der Waals surface area contributed by atoms with E-state index in [4.69, 9.17) is 4.74 Å². The maximum atomic E-state index is 14.5. The van der Waals surface area contributed by atoms with Crippen LogP contribution in [0.2, 0.25) is 0 Å². The summed E-state index contributed by atoms with van der Waals surface area (Å²) < 4.78 is 107. The molecular formula is C25H19F2NO7S2. The van der Waals surface area contributed by atoms with Crippen molar-refractivity contribution in [3.8, 4) is 11.5 Å². The predicted molar refractivity (Wildman–Crippen MR) is 126 cm³/mol. The molecule has 192 valence electrons. The van der Waals surface area contributed by atoms with Gasteiger partial charge in [-0.1, -0.05) is 6.07 Å². The molecule has 8 nitrogen and oxygen atoms in total. The molecule has 0 bridgehead atoms. The van der Waals surface area contributed by atoms with Crippen molar-refractivity contribution >= 4 is 25.8 Å². The number of hydrogen-bond acceptors (Lipinski definition) is 6. The third-order valence-corrected chi connectivity index (χ3v) is 8.76. The van der Waals surface area contributed by atoms with Crippen LogP contribution in [0.1, 0.15) is 35.1 Å². The molecule has 3 aliphatic heterocycles. The highest BCUT2D eigenvalue weighted by Crippen LogP contribution is 2.41. The van der Waals surface area contributed by atoms with Gasteiger partial charge >= 0.3 is 0 Å². The highest BCUT2D eigenvalue weighted by atomic mass is 32.2. The van der Waals surface area contributed by atoms with Gasteiger partial charge in [-0.2, -0.15) is 8.42 Å². The first-order valence-corrected chi connectivity index (χ1v) is 14.3. The molecule has 0 spiro atoms. The molecule has 37 heavy (non-hydrogen) atoms. The van der Waals surface area contributed by atoms with Crippen molar-refractivity contribution in [3.05, 3.63) is 80.9 Å². The normalized spacial score (nSPS) is 16.5. The minimum atomic E-state index is -5.28. The third-order valence-electron chi connectivity index (χ3n) is 7.04. The lowest BCUT2D eigenvalue weighted by atomic mass is 9.87. The summed E-state index contributed by atoms with van der Waals surface area (Å²) in [4.78, 5) is -1.71. The van der Waals surface area contributed by atoms with E-state index in [-0.39, 0.29) is 22.4 Å². The second-order valence-corrected chi connectivity index (χ2v) is 12.0. The van der Waals surface area contributed by atoms with E-state index in [0.717, 1.165) is 73.1 Å². The van der Waals surface area contributed by atoms with Crippen LogP contribution in [-0.4, -0.2) is 39.0 Å². The second kappa shape index (κ2) is 8.15. The van der Waals surface area contributed by atoms with Crippen LogP contribution in [0.4, 0.5) is 8.78 Å². The van der Waals surface area contributed by atoms with Gasteiger partial charge in [0.05, 0.1) is 15.4 Å². The van der Waals surface area contributed by atoms with Crippen LogP contribution < -0.4 is 19.9 Å².